The van der Waals surface area contributed by atoms with E-state index in [0.717, 1.165) is 5.56 Å². The molecule has 0 atom stereocenters. The number of hydrogen-bond donors (Lipinski definition) is 1. The average molecular weight is 357 g/mol. The number of nitrogens with two attached hydrogens (primary N) is 1. The molecule has 3 rings (SSSR count). The predicted molar refractivity (Wildman–Crippen MR) is 97.5 cm³/mol. The normalized spacial score (nSPS) is 10.8. The van der Waals surface area contributed by atoms with Crippen LogP contribution in [0.3, 0.4) is 0 Å². The van der Waals surface area contributed by atoms with Gasteiger partial charge >= 0.3 is 0 Å². The van der Waals surface area contributed by atoms with Crippen LogP contribution in [0.25, 0.3) is 10.9 Å². The van der Waals surface area contributed by atoms with Crippen molar-refractivity contribution >= 4 is 34.3 Å². The summed E-state index contributed by atoms with van der Waals surface area (Å²) in [5.41, 5.74) is 7.82. The van der Waals surface area contributed by atoms with Crippen LogP contribution in [0.5, 0.6) is 5.75 Å². The first-order valence-corrected chi connectivity index (χ1v) is 8.10. The number of halogens is 1. The summed E-state index contributed by atoms with van der Waals surface area (Å²) in [6.45, 7) is 3.39. The average Bonchev–Trinajstić information content (AvgIpc) is 2.85. The van der Waals surface area contributed by atoms with Gasteiger partial charge in [-0.3, -0.25) is 14.2 Å². The van der Waals surface area contributed by atoms with E-state index in [2.05, 4.69) is 0 Å². The van der Waals surface area contributed by atoms with Gasteiger partial charge in [0.05, 0.1) is 11.1 Å². The first-order chi connectivity index (χ1) is 11.9. The lowest BCUT2D eigenvalue weighted by Crippen LogP contribution is -2.21. The van der Waals surface area contributed by atoms with Crippen LogP contribution in [-0.2, 0) is 0 Å². The van der Waals surface area contributed by atoms with Gasteiger partial charge in [0.25, 0.3) is 11.8 Å². The lowest BCUT2D eigenvalue weighted by molar-refractivity contribution is 0.0840. The van der Waals surface area contributed by atoms with Crippen LogP contribution in [0.2, 0.25) is 5.02 Å². The third-order valence-electron chi connectivity index (χ3n) is 4.10. The lowest BCUT2D eigenvalue weighted by atomic mass is 10.1. The minimum atomic E-state index is -0.560. The molecule has 2 aromatic carbocycles. The minimum Gasteiger partial charge on any atom is -0.483 e. The maximum Gasteiger partial charge on any atom is 0.269 e. The third kappa shape index (κ3) is 3.10. The number of carbonyl (C=O) groups is 2. The van der Waals surface area contributed by atoms with Crippen molar-refractivity contribution in [2.45, 2.75) is 13.8 Å². The Kier molecular flexibility index (Phi) is 4.51. The van der Waals surface area contributed by atoms with Crippen LogP contribution in [-0.4, -0.2) is 23.0 Å². The van der Waals surface area contributed by atoms with Gasteiger partial charge in [0.15, 0.2) is 6.61 Å². The van der Waals surface area contributed by atoms with Crippen molar-refractivity contribution in [2.75, 3.05) is 6.61 Å². The number of fused-ring (bicyclic) bond motifs is 1. The van der Waals surface area contributed by atoms with Gasteiger partial charge in [0.1, 0.15) is 5.75 Å². The van der Waals surface area contributed by atoms with E-state index < -0.39 is 5.91 Å². The Morgan fingerprint density at radius 1 is 1.16 bits per heavy atom. The maximum atomic E-state index is 12.7. The highest BCUT2D eigenvalue weighted by Crippen LogP contribution is 2.26. The van der Waals surface area contributed by atoms with Crippen LogP contribution in [0.1, 0.15) is 26.4 Å². The molecular formula is C19H17ClN2O3. The number of rotatable bonds is 4. The summed E-state index contributed by atoms with van der Waals surface area (Å²) in [5, 5.41) is 1.26. The maximum absolute atomic E-state index is 12.7. The summed E-state index contributed by atoms with van der Waals surface area (Å²) in [6.07, 6.45) is 0. The van der Waals surface area contributed by atoms with Crippen molar-refractivity contribution in [1.82, 2.24) is 4.57 Å². The minimum absolute atomic E-state index is 0.166. The molecule has 0 radical (unpaired) electrons. The number of hydrogen-bond acceptors (Lipinski definition) is 3. The lowest BCUT2D eigenvalue weighted by Gasteiger charge is -2.11. The monoisotopic (exact) mass is 356 g/mol. The smallest absolute Gasteiger partial charge is 0.269 e. The molecule has 6 heteroatoms. The number of carbonyl (C=O) groups excluding carboxylic acids is 2. The first-order valence-electron chi connectivity index (χ1n) is 7.72. The van der Waals surface area contributed by atoms with E-state index in [1.807, 2.05) is 6.92 Å². The number of aromatic nitrogens is 1. The summed E-state index contributed by atoms with van der Waals surface area (Å²) in [4.78, 5) is 24.5. The number of para-hydroxylation sites is 1. The standard InChI is InChI=1S/C19H17ClN2O3/c1-11-9-13(20)7-8-16(11)25-10-17(23)22-12(2)18(19(21)24)14-5-3-4-6-15(14)22/h3-9H,10H2,1-2H3,(H2,21,24). The zero-order chi connectivity index (χ0) is 18.1. The Hall–Kier alpha value is -2.79. The molecule has 0 bridgehead atoms. The van der Waals surface area contributed by atoms with Gasteiger partial charge in [-0.2, -0.15) is 0 Å². The van der Waals surface area contributed by atoms with Gasteiger partial charge in [-0.05, 0) is 43.7 Å². The van der Waals surface area contributed by atoms with Crippen LogP contribution in [0, 0.1) is 13.8 Å². The molecule has 2 N–H and O–H groups in total. The van der Waals surface area contributed by atoms with Crippen molar-refractivity contribution in [3.05, 3.63) is 64.3 Å². The third-order valence-corrected chi connectivity index (χ3v) is 4.33. The van der Waals surface area contributed by atoms with Gasteiger partial charge < -0.3 is 10.5 Å². The largest absolute Gasteiger partial charge is 0.483 e. The fourth-order valence-corrected chi connectivity index (χ4v) is 3.21. The second-order valence-electron chi connectivity index (χ2n) is 5.77. The first kappa shape index (κ1) is 17.0. The highest BCUT2D eigenvalue weighted by molar-refractivity contribution is 6.30. The van der Waals surface area contributed by atoms with Crippen LogP contribution in [0.4, 0.5) is 0 Å². The van der Waals surface area contributed by atoms with E-state index in [-0.39, 0.29) is 12.5 Å². The van der Waals surface area contributed by atoms with E-state index in [4.69, 9.17) is 22.1 Å². The zero-order valence-electron chi connectivity index (χ0n) is 13.9. The molecule has 0 fully saturated rings. The summed E-state index contributed by atoms with van der Waals surface area (Å²) >= 11 is 5.92. The molecule has 1 aromatic heterocycles. The quantitative estimate of drug-likeness (QED) is 0.774. The fraction of sp³-hybridized carbons (Fsp3) is 0.158. The summed E-state index contributed by atoms with van der Waals surface area (Å²) < 4.78 is 7.11. The molecule has 0 aliphatic carbocycles. The van der Waals surface area contributed by atoms with Crippen LogP contribution >= 0.6 is 11.6 Å². The SMILES string of the molecule is Cc1cc(Cl)ccc1OCC(=O)n1c(C)c(C(N)=O)c2ccccc21. The van der Waals surface area contributed by atoms with Crippen molar-refractivity contribution in [2.24, 2.45) is 5.73 Å². The molecular weight excluding hydrogens is 340 g/mol. The second-order valence-corrected chi connectivity index (χ2v) is 6.21. The van der Waals surface area contributed by atoms with E-state index in [0.29, 0.717) is 32.9 Å². The summed E-state index contributed by atoms with van der Waals surface area (Å²) in [6, 6.07) is 12.4. The Morgan fingerprint density at radius 3 is 2.56 bits per heavy atom. The fourth-order valence-electron chi connectivity index (χ4n) is 2.98. The molecule has 128 valence electrons. The van der Waals surface area contributed by atoms with Crippen molar-refractivity contribution in [1.29, 1.82) is 0 Å². The predicted octanol–water partition coefficient (Wildman–Crippen LogP) is 3.73. The Balaban J connectivity index is 1.95. The molecule has 1 heterocycles. The number of benzene rings is 2. The number of primary amides is 1. The number of aryl methyl sites for hydroxylation is 1. The van der Waals surface area contributed by atoms with Gasteiger partial charge in [0, 0.05) is 16.1 Å². The summed E-state index contributed by atoms with van der Waals surface area (Å²) in [5.74, 6) is -0.257. The van der Waals surface area contributed by atoms with Gasteiger partial charge in [-0.1, -0.05) is 29.8 Å². The molecule has 0 aliphatic heterocycles. The van der Waals surface area contributed by atoms with E-state index in [9.17, 15) is 9.59 Å². The molecule has 0 unspecified atom stereocenters. The van der Waals surface area contributed by atoms with Crippen molar-refractivity contribution in [3.63, 3.8) is 0 Å². The molecule has 0 saturated heterocycles. The number of nitrogens with zero attached hydrogens (tertiary/aromatic N) is 1. The van der Waals surface area contributed by atoms with E-state index in [1.54, 1.807) is 49.4 Å². The highest BCUT2D eigenvalue weighted by atomic mass is 35.5. The van der Waals surface area contributed by atoms with E-state index in [1.165, 1.54) is 4.57 Å². The molecule has 25 heavy (non-hydrogen) atoms. The highest BCUT2D eigenvalue weighted by Gasteiger charge is 2.21. The molecule has 3 aromatic rings. The van der Waals surface area contributed by atoms with Crippen LogP contribution < -0.4 is 10.5 Å². The molecule has 1 amide bonds. The molecule has 0 saturated carbocycles. The second kappa shape index (κ2) is 6.61. The van der Waals surface area contributed by atoms with Gasteiger partial charge in [-0.15, -0.1) is 0 Å². The van der Waals surface area contributed by atoms with Gasteiger partial charge in [0.2, 0.25) is 0 Å². The Bertz CT molecular complexity index is 992. The van der Waals surface area contributed by atoms with E-state index >= 15 is 0 Å². The Labute approximate surface area is 149 Å². The summed E-state index contributed by atoms with van der Waals surface area (Å²) in [7, 11) is 0. The van der Waals surface area contributed by atoms with Crippen molar-refractivity contribution < 1.29 is 14.3 Å². The van der Waals surface area contributed by atoms with Crippen LogP contribution in [0.15, 0.2) is 42.5 Å². The topological polar surface area (TPSA) is 74.3 Å². The van der Waals surface area contributed by atoms with Crippen molar-refractivity contribution in [3.8, 4) is 5.75 Å². The number of ether oxygens (including phenoxy) is 1. The molecule has 5 nitrogen and oxygen atoms in total. The Morgan fingerprint density at radius 2 is 1.88 bits per heavy atom. The number of amides is 1. The van der Waals surface area contributed by atoms with Gasteiger partial charge in [-0.25, -0.2) is 0 Å². The molecule has 0 spiro atoms. The molecule has 0 aliphatic rings. The zero-order valence-corrected chi connectivity index (χ0v) is 14.6.